The zero-order valence-electron chi connectivity index (χ0n) is 13.0. The summed E-state index contributed by atoms with van der Waals surface area (Å²) in [4.78, 5) is 18.2. The molecule has 0 spiro atoms. The Kier molecular flexibility index (Phi) is 5.47. The molecular formula is C18H15IN2O2S. The van der Waals surface area contributed by atoms with Gasteiger partial charge in [-0.25, -0.2) is 4.98 Å². The predicted octanol–water partition coefficient (Wildman–Crippen LogP) is 5.01. The number of para-hydroxylation sites is 1. The third-order valence-electron chi connectivity index (χ3n) is 3.24. The molecule has 0 unspecified atom stereocenters. The molecule has 2 aromatic carbocycles. The van der Waals surface area contributed by atoms with Crippen molar-refractivity contribution in [3.63, 3.8) is 0 Å². The van der Waals surface area contributed by atoms with Crippen molar-refractivity contribution in [2.24, 2.45) is 0 Å². The summed E-state index contributed by atoms with van der Waals surface area (Å²) in [5, 5.41) is 2.57. The fourth-order valence-electron chi connectivity index (χ4n) is 2.18. The van der Waals surface area contributed by atoms with Crippen molar-refractivity contribution in [2.75, 3.05) is 4.90 Å². The summed E-state index contributed by atoms with van der Waals surface area (Å²) in [5.41, 5.74) is 1.61. The lowest BCUT2D eigenvalue weighted by Crippen LogP contribution is -2.22. The lowest BCUT2D eigenvalue weighted by Gasteiger charge is -2.17. The SMILES string of the molecule is CC(=O)N(c1ccccc1)c1nc(COc2cccc(I)c2)cs1. The molecule has 0 N–H and O–H groups in total. The first-order valence-corrected chi connectivity index (χ1v) is 9.28. The number of ether oxygens (including phenoxy) is 1. The summed E-state index contributed by atoms with van der Waals surface area (Å²) in [6, 6.07) is 17.4. The van der Waals surface area contributed by atoms with Crippen LogP contribution in [0.2, 0.25) is 0 Å². The Morgan fingerprint density at radius 3 is 2.71 bits per heavy atom. The molecule has 0 bridgehead atoms. The highest BCUT2D eigenvalue weighted by Gasteiger charge is 2.17. The minimum Gasteiger partial charge on any atom is -0.487 e. The molecule has 1 heterocycles. The van der Waals surface area contributed by atoms with Gasteiger partial charge < -0.3 is 4.74 Å². The van der Waals surface area contributed by atoms with Gasteiger partial charge in [0.2, 0.25) is 5.91 Å². The number of thiazole rings is 1. The van der Waals surface area contributed by atoms with E-state index >= 15 is 0 Å². The summed E-state index contributed by atoms with van der Waals surface area (Å²) in [6.45, 7) is 1.91. The van der Waals surface area contributed by atoms with Gasteiger partial charge in [-0.15, -0.1) is 11.3 Å². The quantitative estimate of drug-likeness (QED) is 0.514. The molecule has 1 aromatic heterocycles. The molecule has 3 aromatic rings. The van der Waals surface area contributed by atoms with Crippen LogP contribution in [0.15, 0.2) is 60.0 Å². The van der Waals surface area contributed by atoms with E-state index in [0.29, 0.717) is 11.7 Å². The molecule has 6 heteroatoms. The molecule has 3 rings (SSSR count). The molecule has 0 saturated heterocycles. The number of amides is 1. The van der Waals surface area contributed by atoms with Crippen LogP contribution in [0.5, 0.6) is 5.75 Å². The Bertz CT molecular complexity index is 836. The number of nitrogens with zero attached hydrogens (tertiary/aromatic N) is 2. The maximum Gasteiger partial charge on any atom is 0.230 e. The number of rotatable bonds is 5. The molecule has 0 aliphatic heterocycles. The van der Waals surface area contributed by atoms with Crippen LogP contribution in [-0.2, 0) is 11.4 Å². The Morgan fingerprint density at radius 2 is 2.00 bits per heavy atom. The summed E-state index contributed by atoms with van der Waals surface area (Å²) >= 11 is 3.68. The summed E-state index contributed by atoms with van der Waals surface area (Å²) < 4.78 is 6.89. The van der Waals surface area contributed by atoms with Gasteiger partial charge in [-0.05, 0) is 52.9 Å². The Hall–Kier alpha value is -1.93. The first-order chi connectivity index (χ1) is 11.6. The van der Waals surface area contributed by atoms with Crippen molar-refractivity contribution in [3.05, 3.63) is 69.2 Å². The Morgan fingerprint density at radius 1 is 1.21 bits per heavy atom. The van der Waals surface area contributed by atoms with Gasteiger partial charge >= 0.3 is 0 Å². The van der Waals surface area contributed by atoms with Crippen molar-refractivity contribution in [2.45, 2.75) is 13.5 Å². The summed E-state index contributed by atoms with van der Waals surface area (Å²) in [7, 11) is 0. The van der Waals surface area contributed by atoms with E-state index in [1.165, 1.54) is 18.3 Å². The minimum absolute atomic E-state index is 0.0689. The third-order valence-corrected chi connectivity index (χ3v) is 4.79. The smallest absolute Gasteiger partial charge is 0.230 e. The van der Waals surface area contributed by atoms with Gasteiger partial charge in [0.1, 0.15) is 12.4 Å². The molecule has 122 valence electrons. The number of hydrogen-bond acceptors (Lipinski definition) is 4. The minimum atomic E-state index is -0.0689. The molecule has 1 amide bonds. The molecule has 0 radical (unpaired) electrons. The lowest BCUT2D eigenvalue weighted by atomic mass is 10.3. The van der Waals surface area contributed by atoms with Crippen molar-refractivity contribution in [1.29, 1.82) is 0 Å². The molecule has 0 fully saturated rings. The van der Waals surface area contributed by atoms with Crippen LogP contribution < -0.4 is 9.64 Å². The number of carbonyl (C=O) groups excluding carboxylic acids is 1. The monoisotopic (exact) mass is 450 g/mol. The van der Waals surface area contributed by atoms with Gasteiger partial charge in [0, 0.05) is 15.9 Å². The van der Waals surface area contributed by atoms with Gasteiger partial charge in [0.05, 0.1) is 11.4 Å². The normalized spacial score (nSPS) is 10.4. The Labute approximate surface area is 158 Å². The number of hydrogen-bond donors (Lipinski definition) is 0. The molecule has 24 heavy (non-hydrogen) atoms. The van der Waals surface area contributed by atoms with E-state index in [9.17, 15) is 4.79 Å². The van der Waals surface area contributed by atoms with Crippen LogP contribution in [0.4, 0.5) is 10.8 Å². The number of aromatic nitrogens is 1. The molecule has 0 saturated carbocycles. The Balaban J connectivity index is 1.75. The maximum absolute atomic E-state index is 12.0. The van der Waals surface area contributed by atoms with Crippen LogP contribution in [0.25, 0.3) is 0 Å². The van der Waals surface area contributed by atoms with E-state index in [4.69, 9.17) is 4.74 Å². The molecule has 0 aliphatic rings. The van der Waals surface area contributed by atoms with E-state index in [-0.39, 0.29) is 5.91 Å². The molecule has 0 atom stereocenters. The fourth-order valence-corrected chi connectivity index (χ4v) is 3.57. The van der Waals surface area contributed by atoms with Gasteiger partial charge in [0.25, 0.3) is 0 Å². The summed E-state index contributed by atoms with van der Waals surface area (Å²) in [6.07, 6.45) is 0. The van der Waals surface area contributed by atoms with Crippen molar-refractivity contribution in [3.8, 4) is 5.75 Å². The second-order valence-corrected chi connectivity index (χ2v) is 7.14. The zero-order valence-corrected chi connectivity index (χ0v) is 16.0. The van der Waals surface area contributed by atoms with Crippen LogP contribution in [-0.4, -0.2) is 10.9 Å². The summed E-state index contributed by atoms with van der Waals surface area (Å²) in [5.74, 6) is 0.739. The highest BCUT2D eigenvalue weighted by atomic mass is 127. The van der Waals surface area contributed by atoms with E-state index in [1.54, 1.807) is 4.90 Å². The van der Waals surface area contributed by atoms with Crippen LogP contribution >= 0.6 is 33.9 Å². The van der Waals surface area contributed by atoms with E-state index in [0.717, 1.165) is 20.7 Å². The average Bonchev–Trinajstić information content (AvgIpc) is 3.02. The highest BCUT2D eigenvalue weighted by molar-refractivity contribution is 14.1. The van der Waals surface area contributed by atoms with E-state index in [2.05, 4.69) is 27.6 Å². The van der Waals surface area contributed by atoms with Gasteiger partial charge in [0.15, 0.2) is 5.13 Å². The topological polar surface area (TPSA) is 42.4 Å². The second kappa shape index (κ2) is 7.76. The average molecular weight is 450 g/mol. The first kappa shape index (κ1) is 16.9. The van der Waals surface area contributed by atoms with Gasteiger partial charge in [-0.2, -0.15) is 0 Å². The predicted molar refractivity (Wildman–Crippen MR) is 105 cm³/mol. The fraction of sp³-hybridized carbons (Fsp3) is 0.111. The largest absolute Gasteiger partial charge is 0.487 e. The first-order valence-electron chi connectivity index (χ1n) is 7.32. The lowest BCUT2D eigenvalue weighted by molar-refractivity contribution is -0.115. The van der Waals surface area contributed by atoms with E-state index < -0.39 is 0 Å². The maximum atomic E-state index is 12.0. The van der Waals surface area contributed by atoms with Crippen molar-refractivity contribution >= 4 is 50.7 Å². The molecule has 4 nitrogen and oxygen atoms in total. The zero-order chi connectivity index (χ0) is 16.9. The van der Waals surface area contributed by atoms with Crippen molar-refractivity contribution in [1.82, 2.24) is 4.98 Å². The number of carbonyl (C=O) groups is 1. The van der Waals surface area contributed by atoms with E-state index in [1.807, 2.05) is 60.0 Å². The van der Waals surface area contributed by atoms with Crippen LogP contribution in [0.1, 0.15) is 12.6 Å². The van der Waals surface area contributed by atoms with Crippen LogP contribution in [0.3, 0.4) is 0 Å². The number of halogens is 1. The van der Waals surface area contributed by atoms with Gasteiger partial charge in [-0.1, -0.05) is 24.3 Å². The van der Waals surface area contributed by atoms with Gasteiger partial charge in [-0.3, -0.25) is 9.69 Å². The van der Waals surface area contributed by atoms with Crippen molar-refractivity contribution < 1.29 is 9.53 Å². The van der Waals surface area contributed by atoms with Crippen LogP contribution in [0, 0.1) is 3.57 Å². The molecular weight excluding hydrogens is 435 g/mol. The number of benzene rings is 2. The standard InChI is InChI=1S/C18H15IN2O2S/c1-13(22)21(16-7-3-2-4-8-16)18-20-15(12-24-18)11-23-17-9-5-6-14(19)10-17/h2-10,12H,11H2,1H3. The molecule has 0 aliphatic carbocycles. The third kappa shape index (κ3) is 4.12. The highest BCUT2D eigenvalue weighted by Crippen LogP contribution is 2.29. The second-order valence-electron chi connectivity index (χ2n) is 5.06. The number of anilines is 2.